The summed E-state index contributed by atoms with van der Waals surface area (Å²) in [6, 6.07) is 0. The Labute approximate surface area is 154 Å². The molecule has 0 aromatic rings. The summed E-state index contributed by atoms with van der Waals surface area (Å²) in [7, 11) is 4.51. The van der Waals surface area contributed by atoms with Crippen LogP contribution in [0.2, 0.25) is 0 Å². The molecule has 0 bridgehead atoms. The normalized spacial score (nSPS) is 36.1. The Bertz CT molecular complexity index is 449. The van der Waals surface area contributed by atoms with E-state index in [9.17, 15) is 4.79 Å². The second kappa shape index (κ2) is 7.96. The van der Waals surface area contributed by atoms with Gasteiger partial charge in [-0.2, -0.15) is 0 Å². The van der Waals surface area contributed by atoms with Gasteiger partial charge in [-0.25, -0.2) is 0 Å². The molecule has 0 N–H and O–H groups in total. The topological polar surface area (TPSA) is 32.8 Å². The maximum atomic E-state index is 12.6. The molecule has 144 valence electrons. The number of unbranched alkanes of at least 4 members (excludes halogenated alkanes) is 1. The minimum atomic E-state index is 0.273. The highest BCUT2D eigenvalue weighted by atomic mass is 16.5. The maximum Gasteiger partial charge on any atom is 0.223 e. The van der Waals surface area contributed by atoms with Crippen molar-refractivity contribution in [1.82, 2.24) is 9.80 Å². The lowest BCUT2D eigenvalue weighted by Crippen LogP contribution is -2.49. The summed E-state index contributed by atoms with van der Waals surface area (Å²) in [5.74, 6) is 1.08. The Hall–Kier alpha value is -0.610. The average Bonchev–Trinajstić information content (AvgIpc) is 3.21. The SMILES string of the molecule is CCCCC1(N(C)C)CCC2(CC1)CC(=O)N(CCC1CCOC1)C2. The molecule has 1 spiro atoms. The molecule has 2 aliphatic heterocycles. The zero-order valence-corrected chi connectivity index (χ0v) is 16.7. The van der Waals surface area contributed by atoms with Crippen LogP contribution in [0.1, 0.15) is 71.1 Å². The van der Waals surface area contributed by atoms with Gasteiger partial charge in [-0.05, 0) is 70.4 Å². The molecule has 1 saturated carbocycles. The third-order valence-corrected chi connectivity index (χ3v) is 7.42. The van der Waals surface area contributed by atoms with Gasteiger partial charge in [-0.15, -0.1) is 0 Å². The van der Waals surface area contributed by atoms with Crippen molar-refractivity contribution >= 4 is 5.91 Å². The summed E-state index contributed by atoms with van der Waals surface area (Å²) in [4.78, 5) is 17.3. The summed E-state index contributed by atoms with van der Waals surface area (Å²) >= 11 is 0. The lowest BCUT2D eigenvalue weighted by atomic mass is 9.65. The van der Waals surface area contributed by atoms with Crippen LogP contribution in [-0.4, -0.2) is 61.6 Å². The van der Waals surface area contributed by atoms with E-state index < -0.39 is 0 Å². The monoisotopic (exact) mass is 350 g/mol. The number of ether oxygens (including phenoxy) is 1. The first-order chi connectivity index (χ1) is 12.0. The fourth-order valence-electron chi connectivity index (χ4n) is 5.34. The van der Waals surface area contributed by atoms with Gasteiger partial charge in [0, 0.05) is 38.3 Å². The number of carbonyl (C=O) groups excluding carboxylic acids is 1. The Morgan fingerprint density at radius 1 is 1.24 bits per heavy atom. The van der Waals surface area contributed by atoms with E-state index in [1.807, 2.05) is 0 Å². The minimum Gasteiger partial charge on any atom is -0.381 e. The van der Waals surface area contributed by atoms with Crippen LogP contribution in [-0.2, 0) is 9.53 Å². The van der Waals surface area contributed by atoms with Crippen LogP contribution in [0.5, 0.6) is 0 Å². The van der Waals surface area contributed by atoms with E-state index in [1.165, 1.54) is 51.4 Å². The number of amides is 1. The number of carbonyl (C=O) groups is 1. The van der Waals surface area contributed by atoms with E-state index in [-0.39, 0.29) is 5.41 Å². The van der Waals surface area contributed by atoms with E-state index in [0.717, 1.165) is 39.1 Å². The van der Waals surface area contributed by atoms with Gasteiger partial charge in [-0.1, -0.05) is 19.8 Å². The Morgan fingerprint density at radius 3 is 2.60 bits per heavy atom. The van der Waals surface area contributed by atoms with Crippen LogP contribution in [0.25, 0.3) is 0 Å². The molecule has 4 heteroatoms. The quantitative estimate of drug-likeness (QED) is 0.702. The average molecular weight is 351 g/mol. The van der Waals surface area contributed by atoms with E-state index in [2.05, 4.69) is 30.8 Å². The molecular weight excluding hydrogens is 312 g/mol. The van der Waals surface area contributed by atoms with Crippen molar-refractivity contribution in [2.45, 2.75) is 76.7 Å². The molecule has 1 amide bonds. The van der Waals surface area contributed by atoms with Crippen LogP contribution < -0.4 is 0 Å². The molecule has 1 unspecified atom stereocenters. The van der Waals surface area contributed by atoms with Gasteiger partial charge in [0.15, 0.2) is 0 Å². The van der Waals surface area contributed by atoms with Crippen molar-refractivity contribution in [2.24, 2.45) is 11.3 Å². The van der Waals surface area contributed by atoms with Crippen LogP contribution in [0.15, 0.2) is 0 Å². The predicted molar refractivity (Wildman–Crippen MR) is 102 cm³/mol. The molecule has 1 atom stereocenters. The first-order valence-electron chi connectivity index (χ1n) is 10.5. The van der Waals surface area contributed by atoms with Crippen LogP contribution in [0, 0.1) is 11.3 Å². The number of likely N-dealkylation sites (tertiary alicyclic amines) is 1. The Morgan fingerprint density at radius 2 is 2.00 bits per heavy atom. The van der Waals surface area contributed by atoms with Crippen molar-refractivity contribution in [3.05, 3.63) is 0 Å². The molecule has 3 fully saturated rings. The first-order valence-corrected chi connectivity index (χ1v) is 10.5. The summed E-state index contributed by atoms with van der Waals surface area (Å²) in [6.45, 7) is 6.05. The molecular formula is C21H38N2O2. The fourth-order valence-corrected chi connectivity index (χ4v) is 5.34. The van der Waals surface area contributed by atoms with Crippen molar-refractivity contribution in [3.8, 4) is 0 Å². The molecule has 1 aliphatic carbocycles. The number of hydrogen-bond donors (Lipinski definition) is 0. The summed E-state index contributed by atoms with van der Waals surface area (Å²) < 4.78 is 5.48. The lowest BCUT2D eigenvalue weighted by molar-refractivity contribution is -0.128. The molecule has 3 rings (SSSR count). The molecule has 0 aromatic carbocycles. The molecule has 0 radical (unpaired) electrons. The van der Waals surface area contributed by atoms with E-state index >= 15 is 0 Å². The number of hydrogen-bond acceptors (Lipinski definition) is 3. The largest absolute Gasteiger partial charge is 0.381 e. The van der Waals surface area contributed by atoms with Crippen molar-refractivity contribution in [2.75, 3.05) is 40.4 Å². The molecule has 25 heavy (non-hydrogen) atoms. The van der Waals surface area contributed by atoms with Gasteiger partial charge < -0.3 is 14.5 Å². The lowest BCUT2D eigenvalue weighted by Gasteiger charge is -2.48. The minimum absolute atomic E-state index is 0.273. The third-order valence-electron chi connectivity index (χ3n) is 7.42. The van der Waals surface area contributed by atoms with E-state index in [1.54, 1.807) is 0 Å². The standard InChI is InChI=1S/C21H38N2O2/c1-4-5-8-21(22(2)3)11-9-20(10-12-21)15-19(24)23(17-20)13-6-18-7-14-25-16-18/h18H,4-17H2,1-3H3. The second-order valence-corrected chi connectivity index (χ2v) is 9.23. The zero-order chi connectivity index (χ0) is 17.9. The molecule has 3 aliphatic rings. The Balaban J connectivity index is 1.54. The summed E-state index contributed by atoms with van der Waals surface area (Å²) in [6.07, 6.45) is 12.0. The highest BCUT2D eigenvalue weighted by molar-refractivity contribution is 5.79. The predicted octanol–water partition coefficient (Wildman–Crippen LogP) is 3.70. The van der Waals surface area contributed by atoms with Crippen molar-refractivity contribution in [1.29, 1.82) is 0 Å². The number of nitrogens with zero attached hydrogens (tertiary/aromatic N) is 2. The van der Waals surface area contributed by atoms with Gasteiger partial charge >= 0.3 is 0 Å². The Kier molecular flexibility index (Phi) is 6.10. The second-order valence-electron chi connectivity index (χ2n) is 9.23. The van der Waals surface area contributed by atoms with Crippen LogP contribution in [0.4, 0.5) is 0 Å². The van der Waals surface area contributed by atoms with Crippen molar-refractivity contribution < 1.29 is 9.53 Å². The summed E-state index contributed by atoms with van der Waals surface area (Å²) in [5, 5.41) is 0. The maximum absolute atomic E-state index is 12.6. The summed E-state index contributed by atoms with van der Waals surface area (Å²) in [5.41, 5.74) is 0.647. The van der Waals surface area contributed by atoms with Gasteiger partial charge in [0.2, 0.25) is 5.91 Å². The van der Waals surface area contributed by atoms with Gasteiger partial charge in [0.05, 0.1) is 0 Å². The van der Waals surface area contributed by atoms with Gasteiger partial charge in [0.1, 0.15) is 0 Å². The van der Waals surface area contributed by atoms with Crippen LogP contribution >= 0.6 is 0 Å². The zero-order valence-electron chi connectivity index (χ0n) is 16.7. The van der Waals surface area contributed by atoms with E-state index in [4.69, 9.17) is 4.74 Å². The highest BCUT2D eigenvalue weighted by Gasteiger charge is 2.49. The molecule has 4 nitrogen and oxygen atoms in total. The fraction of sp³-hybridized carbons (Fsp3) is 0.952. The van der Waals surface area contributed by atoms with Gasteiger partial charge in [-0.3, -0.25) is 4.79 Å². The van der Waals surface area contributed by atoms with Gasteiger partial charge in [0.25, 0.3) is 0 Å². The highest BCUT2D eigenvalue weighted by Crippen LogP contribution is 2.50. The molecule has 2 saturated heterocycles. The molecule has 0 aromatic heterocycles. The smallest absolute Gasteiger partial charge is 0.223 e. The van der Waals surface area contributed by atoms with E-state index in [0.29, 0.717) is 17.4 Å². The van der Waals surface area contributed by atoms with Crippen LogP contribution in [0.3, 0.4) is 0 Å². The third kappa shape index (κ3) is 4.21. The molecule has 2 heterocycles. The first kappa shape index (κ1) is 19.2. The number of rotatable bonds is 7. The van der Waals surface area contributed by atoms with Crippen molar-refractivity contribution in [3.63, 3.8) is 0 Å².